The number of alkyl halides is 3. The van der Waals surface area contributed by atoms with E-state index >= 15 is 0 Å². The molecule has 8 nitrogen and oxygen atoms in total. The van der Waals surface area contributed by atoms with Crippen LogP contribution in [0.2, 0.25) is 0 Å². The van der Waals surface area contributed by atoms with Gasteiger partial charge in [0.1, 0.15) is 11.9 Å². The zero-order chi connectivity index (χ0) is 34.9. The summed E-state index contributed by atoms with van der Waals surface area (Å²) < 4.78 is 90.2. The maximum Gasteiger partial charge on any atom is 0.422 e. The Labute approximate surface area is 290 Å². The molecule has 4 aromatic rings. The summed E-state index contributed by atoms with van der Waals surface area (Å²) >= 11 is 3.40. The smallest absolute Gasteiger partial charge is 0.422 e. The Balaban J connectivity index is 1.18. The van der Waals surface area contributed by atoms with E-state index in [2.05, 4.69) is 15.9 Å². The summed E-state index contributed by atoms with van der Waals surface area (Å²) in [6.07, 6.45) is -2.29. The van der Waals surface area contributed by atoms with Gasteiger partial charge in [-0.3, -0.25) is 4.90 Å². The number of halogens is 5. The highest BCUT2D eigenvalue weighted by atomic mass is 79.9. The molecule has 0 saturated carbocycles. The summed E-state index contributed by atoms with van der Waals surface area (Å²) in [5.74, 6) is 0.945. The Morgan fingerprint density at radius 2 is 1.65 bits per heavy atom. The van der Waals surface area contributed by atoms with E-state index in [4.69, 9.17) is 23.7 Å². The van der Waals surface area contributed by atoms with Gasteiger partial charge >= 0.3 is 6.18 Å². The van der Waals surface area contributed by atoms with Gasteiger partial charge in [0.15, 0.2) is 24.1 Å². The predicted molar refractivity (Wildman–Crippen MR) is 178 cm³/mol. The minimum Gasteiger partial charge on any atom is -0.493 e. The van der Waals surface area contributed by atoms with Crippen molar-refractivity contribution in [1.82, 2.24) is 9.47 Å². The normalized spacial score (nSPS) is 20.2. The van der Waals surface area contributed by atoms with E-state index in [0.29, 0.717) is 58.5 Å². The highest BCUT2D eigenvalue weighted by Gasteiger charge is 2.57. The van der Waals surface area contributed by atoms with Crippen molar-refractivity contribution in [2.75, 3.05) is 33.9 Å². The van der Waals surface area contributed by atoms with Crippen molar-refractivity contribution in [2.24, 2.45) is 0 Å². The molecule has 0 bridgehead atoms. The molecule has 1 unspecified atom stereocenters. The second-order valence-corrected chi connectivity index (χ2v) is 13.4. The third-order valence-electron chi connectivity index (χ3n) is 9.20. The van der Waals surface area contributed by atoms with Crippen LogP contribution < -0.4 is 14.2 Å². The third-order valence-corrected chi connectivity index (χ3v) is 9.70. The second kappa shape index (κ2) is 14.5. The quantitative estimate of drug-likeness (QED) is 0.150. The molecule has 2 saturated heterocycles. The van der Waals surface area contributed by atoms with E-state index in [1.54, 1.807) is 45.9 Å². The molecule has 49 heavy (non-hydrogen) atoms. The van der Waals surface area contributed by atoms with Crippen molar-refractivity contribution in [3.63, 3.8) is 0 Å². The van der Waals surface area contributed by atoms with Gasteiger partial charge < -0.3 is 33.4 Å². The molecule has 0 spiro atoms. The van der Waals surface area contributed by atoms with E-state index in [1.165, 1.54) is 26.5 Å². The number of hydrogen-bond donors (Lipinski definition) is 1. The number of nitrogens with zero attached hydrogens (tertiary/aromatic N) is 2. The minimum atomic E-state index is -5.00. The number of hydrogen-bond acceptors (Lipinski definition) is 7. The van der Waals surface area contributed by atoms with Crippen LogP contribution in [0, 0.1) is 5.82 Å². The lowest BCUT2D eigenvalue weighted by Gasteiger charge is -2.39. The highest BCUT2D eigenvalue weighted by molar-refractivity contribution is 9.10. The predicted octanol–water partition coefficient (Wildman–Crippen LogP) is 7.55. The molecule has 2 aliphatic heterocycles. The first-order valence-corrected chi connectivity index (χ1v) is 16.9. The van der Waals surface area contributed by atoms with Crippen LogP contribution in [-0.2, 0) is 28.0 Å². The summed E-state index contributed by atoms with van der Waals surface area (Å²) in [4.78, 5) is 1.61. The number of ether oxygens (including phenoxy) is 5. The number of methoxy groups -OCH3 is 2. The maximum atomic E-state index is 14.9. The molecule has 2 fully saturated rings. The first-order chi connectivity index (χ1) is 23.4. The standard InChI is InChI=1S/C36H39BrF4N2O6/c1-22-47-33(48-22)11-8-23-16-31(45-2)34(32(17-23)46-3)49-26-12-14-42(15-13-26)21-35(44,36(39,40)41)28-20-43(19-24-6-4-5-7-29(24)38)30-18-25(37)9-10-27(28)30/h4-7,9-10,16-18,20,22,26,33,44H,8,11-15,19,21H2,1-3H3. The van der Waals surface area contributed by atoms with Crippen molar-refractivity contribution in [2.45, 2.75) is 69.6 Å². The Morgan fingerprint density at radius 1 is 0.980 bits per heavy atom. The molecule has 3 heterocycles. The van der Waals surface area contributed by atoms with Gasteiger partial charge in [-0.15, -0.1) is 0 Å². The lowest BCUT2D eigenvalue weighted by atomic mass is 9.91. The van der Waals surface area contributed by atoms with Crippen LogP contribution in [0.15, 0.2) is 65.3 Å². The number of fused-ring (bicyclic) bond motifs is 1. The van der Waals surface area contributed by atoms with Gasteiger partial charge in [-0.2, -0.15) is 13.2 Å². The van der Waals surface area contributed by atoms with Gasteiger partial charge in [0.05, 0.1) is 20.8 Å². The number of likely N-dealkylation sites (tertiary alicyclic amines) is 1. The van der Waals surface area contributed by atoms with E-state index in [-0.39, 0.29) is 49.3 Å². The fraction of sp³-hybridized carbons (Fsp3) is 0.444. The zero-order valence-corrected chi connectivity index (χ0v) is 29.0. The fourth-order valence-electron chi connectivity index (χ4n) is 6.59. The molecule has 0 radical (unpaired) electrons. The van der Waals surface area contributed by atoms with E-state index in [9.17, 15) is 22.7 Å². The minimum absolute atomic E-state index is 0.00712. The maximum absolute atomic E-state index is 14.9. The lowest BCUT2D eigenvalue weighted by molar-refractivity contribution is -0.376. The van der Waals surface area contributed by atoms with Crippen LogP contribution in [0.4, 0.5) is 17.6 Å². The molecular weight excluding hydrogens is 712 g/mol. The highest BCUT2D eigenvalue weighted by Crippen LogP contribution is 2.45. The molecule has 0 amide bonds. The van der Waals surface area contributed by atoms with Gasteiger partial charge in [-0.1, -0.05) is 40.2 Å². The van der Waals surface area contributed by atoms with E-state index in [0.717, 1.165) is 5.56 Å². The number of aromatic nitrogens is 1. The SMILES string of the molecule is COc1cc(CCC2OC(C)O2)cc(OC)c1OC1CCN(CC(O)(c2cn(Cc3ccccc3F)c3cc(Br)ccc23)C(F)(F)F)CC1. The Bertz CT molecular complexity index is 1750. The van der Waals surface area contributed by atoms with Crippen LogP contribution in [0.5, 0.6) is 17.2 Å². The molecule has 1 atom stereocenters. The molecule has 1 N–H and O–H groups in total. The monoisotopic (exact) mass is 750 g/mol. The average molecular weight is 752 g/mol. The first kappa shape index (κ1) is 35.5. The molecule has 1 aromatic heterocycles. The Hall–Kier alpha value is -3.36. The second-order valence-electron chi connectivity index (χ2n) is 12.5. The molecule has 2 aliphatic rings. The van der Waals surface area contributed by atoms with Gasteiger partial charge in [0.2, 0.25) is 11.4 Å². The number of piperidine rings is 1. The molecule has 3 aromatic carbocycles. The van der Waals surface area contributed by atoms with Crippen LogP contribution in [-0.4, -0.2) is 73.3 Å². The molecule has 264 valence electrons. The average Bonchev–Trinajstić information content (AvgIpc) is 3.41. The summed E-state index contributed by atoms with van der Waals surface area (Å²) in [6.45, 7) is 1.67. The van der Waals surface area contributed by atoms with E-state index < -0.39 is 24.1 Å². The molecular formula is C36H39BrF4N2O6. The van der Waals surface area contributed by atoms with Crippen molar-refractivity contribution in [3.8, 4) is 17.2 Å². The molecule has 6 rings (SSSR count). The number of rotatable bonds is 12. The van der Waals surface area contributed by atoms with Gasteiger partial charge in [-0.05, 0) is 62.1 Å². The van der Waals surface area contributed by atoms with Crippen LogP contribution in [0.3, 0.4) is 0 Å². The summed E-state index contributed by atoms with van der Waals surface area (Å²) in [7, 11) is 3.08. The van der Waals surface area contributed by atoms with Gasteiger partial charge in [0.25, 0.3) is 0 Å². The van der Waals surface area contributed by atoms with Gasteiger partial charge in [-0.25, -0.2) is 4.39 Å². The van der Waals surface area contributed by atoms with Crippen molar-refractivity contribution >= 4 is 26.8 Å². The lowest BCUT2D eigenvalue weighted by Crippen LogP contribution is -2.53. The number of β-amino-alcohol motifs (C(OH)–C–C–N with tert-alkyl or cyclic N) is 1. The molecule has 0 aliphatic carbocycles. The summed E-state index contributed by atoms with van der Waals surface area (Å²) in [5, 5.41) is 11.8. The first-order valence-electron chi connectivity index (χ1n) is 16.1. The van der Waals surface area contributed by atoms with Crippen LogP contribution in [0.25, 0.3) is 10.9 Å². The summed E-state index contributed by atoms with van der Waals surface area (Å²) in [5.41, 5.74) is -1.76. The fourth-order valence-corrected chi connectivity index (χ4v) is 6.94. The Morgan fingerprint density at radius 3 is 2.27 bits per heavy atom. The number of benzene rings is 3. The largest absolute Gasteiger partial charge is 0.493 e. The zero-order valence-electron chi connectivity index (χ0n) is 27.4. The van der Waals surface area contributed by atoms with Crippen LogP contribution >= 0.6 is 15.9 Å². The van der Waals surface area contributed by atoms with Gasteiger partial charge in [0, 0.05) is 58.8 Å². The molecule has 13 heteroatoms. The van der Waals surface area contributed by atoms with Crippen LogP contribution in [0.1, 0.15) is 42.9 Å². The van der Waals surface area contributed by atoms with Crippen molar-refractivity contribution < 1.29 is 46.4 Å². The third kappa shape index (κ3) is 7.56. The topological polar surface area (TPSA) is 74.6 Å². The van der Waals surface area contributed by atoms with Crippen molar-refractivity contribution in [1.29, 1.82) is 0 Å². The van der Waals surface area contributed by atoms with Crippen molar-refractivity contribution in [3.05, 3.63) is 87.8 Å². The summed E-state index contributed by atoms with van der Waals surface area (Å²) in [6, 6.07) is 14.7. The number of aliphatic hydroxyl groups is 1. The number of aryl methyl sites for hydroxylation is 1. The van der Waals surface area contributed by atoms with E-state index in [1.807, 2.05) is 19.1 Å². The Kier molecular flexibility index (Phi) is 10.5.